The Morgan fingerprint density at radius 3 is 2.56 bits per heavy atom. The van der Waals surface area contributed by atoms with E-state index in [2.05, 4.69) is 5.32 Å². The summed E-state index contributed by atoms with van der Waals surface area (Å²) < 4.78 is 37.5. The number of carbonyl (C=O) groups is 1. The van der Waals surface area contributed by atoms with Crippen LogP contribution in [0.2, 0.25) is 5.02 Å². The average molecular weight is 300 g/mol. The molecule has 1 rings (SSSR count). The van der Waals surface area contributed by atoms with E-state index in [9.17, 15) is 18.0 Å². The van der Waals surface area contributed by atoms with Gasteiger partial charge in [-0.25, -0.2) is 0 Å². The number of hydrogen-bond acceptors (Lipinski definition) is 1. The number of amides is 1. The van der Waals surface area contributed by atoms with Crippen LogP contribution in [-0.2, 0) is 11.0 Å². The highest BCUT2D eigenvalue weighted by molar-refractivity contribution is 6.33. The van der Waals surface area contributed by atoms with Gasteiger partial charge in [0.1, 0.15) is 0 Å². The monoisotopic (exact) mass is 299 g/mol. The summed E-state index contributed by atoms with van der Waals surface area (Å²) in [7, 11) is 0. The van der Waals surface area contributed by atoms with E-state index in [0.29, 0.717) is 0 Å². The molecule has 0 aliphatic carbocycles. The number of anilines is 1. The summed E-state index contributed by atoms with van der Waals surface area (Å²) in [6, 6.07) is 2.73. The zero-order valence-corrected chi connectivity index (χ0v) is 10.8. The summed E-state index contributed by atoms with van der Waals surface area (Å²) >= 11 is 11.2. The molecule has 1 N–H and O–H groups in total. The highest BCUT2D eigenvalue weighted by Gasteiger charge is 2.31. The molecule has 0 radical (unpaired) electrons. The zero-order chi connectivity index (χ0) is 13.9. The van der Waals surface area contributed by atoms with Gasteiger partial charge in [-0.05, 0) is 18.2 Å². The van der Waals surface area contributed by atoms with Crippen molar-refractivity contribution in [1.82, 2.24) is 0 Å². The van der Waals surface area contributed by atoms with Gasteiger partial charge >= 0.3 is 6.18 Å². The van der Waals surface area contributed by atoms with Crippen molar-refractivity contribution in [2.75, 3.05) is 11.2 Å². The Morgan fingerprint density at radius 1 is 1.44 bits per heavy atom. The Bertz CT molecular complexity index is 448. The Labute approximate surface area is 112 Å². The molecule has 0 spiro atoms. The molecule has 0 heterocycles. The summed E-state index contributed by atoms with van der Waals surface area (Å²) in [5, 5.41) is 2.36. The molecular weight excluding hydrogens is 290 g/mol. The largest absolute Gasteiger partial charge is 0.416 e. The van der Waals surface area contributed by atoms with Crippen LogP contribution in [0.1, 0.15) is 12.5 Å². The van der Waals surface area contributed by atoms with Crippen LogP contribution in [0.4, 0.5) is 18.9 Å². The number of rotatable bonds is 3. The van der Waals surface area contributed by atoms with Gasteiger partial charge in [-0.2, -0.15) is 13.2 Å². The molecular formula is C11H10Cl2F3NO. The van der Waals surface area contributed by atoms with Gasteiger partial charge in [0.15, 0.2) is 0 Å². The number of carbonyl (C=O) groups excluding carboxylic acids is 1. The SMILES string of the molecule is CC(CCl)C(=O)Nc1cc(C(F)(F)F)ccc1Cl. The van der Waals surface area contributed by atoms with Crippen molar-refractivity contribution in [1.29, 1.82) is 0 Å². The topological polar surface area (TPSA) is 29.1 Å². The molecule has 1 amide bonds. The van der Waals surface area contributed by atoms with Gasteiger partial charge in [-0.3, -0.25) is 4.79 Å². The quantitative estimate of drug-likeness (QED) is 0.834. The van der Waals surface area contributed by atoms with Crippen LogP contribution < -0.4 is 5.32 Å². The van der Waals surface area contributed by atoms with Crippen molar-refractivity contribution >= 4 is 34.8 Å². The van der Waals surface area contributed by atoms with E-state index in [-0.39, 0.29) is 16.6 Å². The predicted octanol–water partition coefficient (Wildman–Crippen LogP) is 4.17. The van der Waals surface area contributed by atoms with Crippen LogP contribution in [0, 0.1) is 5.92 Å². The van der Waals surface area contributed by atoms with Crippen LogP contribution in [0.3, 0.4) is 0 Å². The summed E-state index contributed by atoms with van der Waals surface area (Å²) in [5.74, 6) is -0.925. The van der Waals surface area contributed by atoms with Gasteiger partial charge in [0.25, 0.3) is 0 Å². The minimum atomic E-state index is -4.48. The molecule has 7 heteroatoms. The van der Waals surface area contributed by atoms with Crippen molar-refractivity contribution in [3.63, 3.8) is 0 Å². The third-order valence-electron chi connectivity index (χ3n) is 2.23. The molecule has 0 bridgehead atoms. The molecule has 0 saturated heterocycles. The maximum Gasteiger partial charge on any atom is 0.416 e. The first-order valence-corrected chi connectivity index (χ1v) is 5.90. The number of alkyl halides is 4. The maximum atomic E-state index is 12.5. The fourth-order valence-electron chi connectivity index (χ4n) is 1.12. The first-order chi connectivity index (χ1) is 8.25. The van der Waals surface area contributed by atoms with Crippen LogP contribution in [-0.4, -0.2) is 11.8 Å². The number of halogens is 5. The lowest BCUT2D eigenvalue weighted by Gasteiger charge is -2.13. The third-order valence-corrected chi connectivity index (χ3v) is 3.02. The van der Waals surface area contributed by atoms with E-state index in [4.69, 9.17) is 23.2 Å². The molecule has 0 saturated carbocycles. The predicted molar refractivity (Wildman–Crippen MR) is 65.0 cm³/mol. The van der Waals surface area contributed by atoms with Crippen molar-refractivity contribution < 1.29 is 18.0 Å². The molecule has 2 nitrogen and oxygen atoms in total. The minimum absolute atomic E-state index is 0.0399. The van der Waals surface area contributed by atoms with E-state index in [1.807, 2.05) is 0 Å². The van der Waals surface area contributed by atoms with E-state index >= 15 is 0 Å². The average Bonchev–Trinajstić information content (AvgIpc) is 2.29. The first kappa shape index (κ1) is 15.1. The summed E-state index contributed by atoms with van der Waals surface area (Å²) in [4.78, 5) is 11.5. The fraction of sp³-hybridized carbons (Fsp3) is 0.364. The highest BCUT2D eigenvalue weighted by Crippen LogP contribution is 2.33. The van der Waals surface area contributed by atoms with Crippen molar-refractivity contribution in [3.05, 3.63) is 28.8 Å². The van der Waals surface area contributed by atoms with Gasteiger partial charge in [0.05, 0.1) is 16.3 Å². The van der Waals surface area contributed by atoms with Gasteiger partial charge < -0.3 is 5.32 Å². The first-order valence-electron chi connectivity index (χ1n) is 4.99. The zero-order valence-electron chi connectivity index (χ0n) is 9.31. The lowest BCUT2D eigenvalue weighted by molar-refractivity contribution is -0.137. The van der Waals surface area contributed by atoms with Crippen LogP contribution in [0.15, 0.2) is 18.2 Å². The Balaban J connectivity index is 2.99. The van der Waals surface area contributed by atoms with Crippen LogP contribution in [0.25, 0.3) is 0 Å². The van der Waals surface area contributed by atoms with E-state index < -0.39 is 23.6 Å². The normalized spacial score (nSPS) is 13.2. The molecule has 1 aromatic carbocycles. The molecule has 1 unspecified atom stereocenters. The Morgan fingerprint density at radius 2 is 2.06 bits per heavy atom. The Kier molecular flexibility index (Phi) is 4.87. The van der Waals surface area contributed by atoms with Crippen LogP contribution >= 0.6 is 23.2 Å². The molecule has 1 aromatic rings. The minimum Gasteiger partial charge on any atom is -0.324 e. The smallest absolute Gasteiger partial charge is 0.324 e. The molecule has 100 valence electrons. The molecule has 0 aromatic heterocycles. The van der Waals surface area contributed by atoms with Gasteiger partial charge in [-0.1, -0.05) is 18.5 Å². The van der Waals surface area contributed by atoms with Gasteiger partial charge in [0.2, 0.25) is 5.91 Å². The molecule has 1 atom stereocenters. The van der Waals surface area contributed by atoms with Crippen molar-refractivity contribution in [2.45, 2.75) is 13.1 Å². The number of hydrogen-bond donors (Lipinski definition) is 1. The standard InChI is InChI=1S/C11H10Cl2F3NO/c1-6(5-12)10(18)17-9-4-7(11(14,15)16)2-3-8(9)13/h2-4,6H,5H2,1H3,(H,17,18). The number of nitrogens with one attached hydrogen (secondary N) is 1. The molecule has 0 aliphatic rings. The number of benzene rings is 1. The second-order valence-electron chi connectivity index (χ2n) is 3.74. The Hall–Kier alpha value is -0.940. The maximum absolute atomic E-state index is 12.5. The summed E-state index contributed by atoms with van der Waals surface area (Å²) in [5.41, 5.74) is -0.950. The lowest BCUT2D eigenvalue weighted by Crippen LogP contribution is -2.22. The molecule has 0 fully saturated rings. The summed E-state index contributed by atoms with van der Waals surface area (Å²) in [6.45, 7) is 1.56. The van der Waals surface area contributed by atoms with E-state index in [0.717, 1.165) is 18.2 Å². The second-order valence-corrected chi connectivity index (χ2v) is 4.45. The van der Waals surface area contributed by atoms with E-state index in [1.165, 1.54) is 0 Å². The molecule has 18 heavy (non-hydrogen) atoms. The van der Waals surface area contributed by atoms with Crippen LogP contribution in [0.5, 0.6) is 0 Å². The lowest BCUT2D eigenvalue weighted by atomic mass is 10.1. The third kappa shape index (κ3) is 3.78. The second kappa shape index (κ2) is 5.80. The summed E-state index contributed by atoms with van der Waals surface area (Å²) in [6.07, 6.45) is -4.48. The van der Waals surface area contributed by atoms with Crippen molar-refractivity contribution in [3.8, 4) is 0 Å². The molecule has 0 aliphatic heterocycles. The fourth-order valence-corrected chi connectivity index (χ4v) is 1.43. The van der Waals surface area contributed by atoms with Gasteiger partial charge in [0, 0.05) is 11.8 Å². The van der Waals surface area contributed by atoms with E-state index in [1.54, 1.807) is 6.92 Å². The van der Waals surface area contributed by atoms with Gasteiger partial charge in [-0.15, -0.1) is 11.6 Å². The highest BCUT2D eigenvalue weighted by atomic mass is 35.5. The van der Waals surface area contributed by atoms with Crippen molar-refractivity contribution in [2.24, 2.45) is 5.92 Å².